The Morgan fingerprint density at radius 3 is 2.24 bits per heavy atom. The van der Waals surface area contributed by atoms with Gasteiger partial charge in [-0.15, -0.1) is 0 Å². The van der Waals surface area contributed by atoms with Gasteiger partial charge in [-0.3, -0.25) is 4.79 Å². The molecule has 5 nitrogen and oxygen atoms in total. The minimum atomic E-state index is -0.557. The smallest absolute Gasteiger partial charge is 0.275 e. The molecule has 0 saturated heterocycles. The van der Waals surface area contributed by atoms with Crippen molar-refractivity contribution < 1.29 is 14.6 Å². The van der Waals surface area contributed by atoms with Crippen molar-refractivity contribution in [1.29, 1.82) is 0 Å². The molecule has 0 unspecified atom stereocenters. The average molecular weight is 534 g/mol. The molecular weight excluding hydrogens is 518 g/mol. The lowest BCUT2D eigenvalue weighted by atomic mass is 10.1. The molecule has 0 spiro atoms. The van der Waals surface area contributed by atoms with Crippen LogP contribution in [0.4, 0.5) is 0 Å². The van der Waals surface area contributed by atoms with E-state index in [-0.39, 0.29) is 28.0 Å². The van der Waals surface area contributed by atoms with Crippen molar-refractivity contribution in [3.05, 3.63) is 104 Å². The van der Waals surface area contributed by atoms with Crippen molar-refractivity contribution in [3.8, 4) is 11.5 Å². The number of amides is 1. The van der Waals surface area contributed by atoms with Crippen LogP contribution in [0, 0.1) is 0 Å². The molecule has 4 rings (SSSR count). The number of aromatic hydroxyl groups is 1. The van der Waals surface area contributed by atoms with E-state index in [1.54, 1.807) is 36.4 Å². The molecule has 9 heteroatoms. The highest BCUT2D eigenvalue weighted by Gasteiger charge is 2.13. The maximum absolute atomic E-state index is 12.5. The zero-order chi connectivity index (χ0) is 24.2. The molecule has 0 aliphatic rings. The first-order valence-corrected chi connectivity index (χ1v) is 11.4. The zero-order valence-corrected chi connectivity index (χ0v) is 20.4. The van der Waals surface area contributed by atoms with Crippen LogP contribution in [-0.2, 0) is 6.61 Å². The van der Waals surface area contributed by atoms with Gasteiger partial charge in [0.25, 0.3) is 5.91 Å². The van der Waals surface area contributed by atoms with E-state index in [0.717, 1.165) is 16.3 Å². The van der Waals surface area contributed by atoms with E-state index in [1.165, 1.54) is 12.3 Å². The molecule has 172 valence electrons. The summed E-state index contributed by atoms with van der Waals surface area (Å²) in [7, 11) is 0. The molecule has 0 saturated carbocycles. The fourth-order valence-electron chi connectivity index (χ4n) is 3.21. The summed E-state index contributed by atoms with van der Waals surface area (Å²) < 4.78 is 5.74. The normalized spacial score (nSPS) is 11.2. The Labute approximate surface area is 215 Å². The molecule has 0 bridgehead atoms. The van der Waals surface area contributed by atoms with Crippen molar-refractivity contribution in [2.75, 3.05) is 0 Å². The van der Waals surface area contributed by atoms with Gasteiger partial charge in [0.1, 0.15) is 12.4 Å². The van der Waals surface area contributed by atoms with Gasteiger partial charge in [0.2, 0.25) is 0 Å². The van der Waals surface area contributed by atoms with Crippen molar-refractivity contribution in [2.45, 2.75) is 6.61 Å². The van der Waals surface area contributed by atoms with E-state index in [0.29, 0.717) is 21.4 Å². The lowest BCUT2D eigenvalue weighted by molar-refractivity contribution is 0.0952. The third-order valence-electron chi connectivity index (χ3n) is 4.88. The molecule has 0 aromatic heterocycles. The molecule has 1 amide bonds. The van der Waals surface area contributed by atoms with Crippen LogP contribution in [0.5, 0.6) is 11.5 Å². The van der Waals surface area contributed by atoms with Crippen molar-refractivity contribution >= 4 is 69.3 Å². The number of halogens is 4. The number of carbonyl (C=O) groups excluding carboxylic acids is 1. The van der Waals surface area contributed by atoms with E-state index in [2.05, 4.69) is 10.5 Å². The highest BCUT2D eigenvalue weighted by Crippen LogP contribution is 2.35. The predicted molar refractivity (Wildman–Crippen MR) is 138 cm³/mol. The van der Waals surface area contributed by atoms with Gasteiger partial charge in [0, 0.05) is 0 Å². The van der Waals surface area contributed by atoms with E-state index in [9.17, 15) is 9.90 Å². The van der Waals surface area contributed by atoms with Gasteiger partial charge in [0.15, 0.2) is 5.75 Å². The summed E-state index contributed by atoms with van der Waals surface area (Å²) in [5, 5.41) is 17.2. The molecule has 0 fully saturated rings. The van der Waals surface area contributed by atoms with Crippen molar-refractivity contribution in [1.82, 2.24) is 5.43 Å². The number of carbonyl (C=O) groups is 1. The molecular formula is C25H16Cl4N2O3. The van der Waals surface area contributed by atoms with Crippen LogP contribution in [0.2, 0.25) is 20.1 Å². The van der Waals surface area contributed by atoms with Gasteiger partial charge >= 0.3 is 0 Å². The van der Waals surface area contributed by atoms with Crippen LogP contribution in [0.1, 0.15) is 21.5 Å². The second-order valence-corrected chi connectivity index (χ2v) is 8.90. The second-order valence-electron chi connectivity index (χ2n) is 7.27. The summed E-state index contributed by atoms with van der Waals surface area (Å²) in [5.41, 5.74) is 3.84. The number of nitrogens with one attached hydrogen (secondary N) is 1. The maximum Gasteiger partial charge on any atom is 0.275 e. The fraction of sp³-hybridized carbons (Fsp3) is 0.0400. The molecule has 2 N–H and O–H groups in total. The molecule has 0 radical (unpaired) electrons. The predicted octanol–water partition coefficient (Wildman–Crippen LogP) is 7.50. The number of nitrogens with zero attached hydrogens (tertiary/aromatic N) is 1. The number of phenols is 1. The number of rotatable bonds is 6. The fourth-order valence-corrected chi connectivity index (χ4v) is 4.15. The Morgan fingerprint density at radius 1 is 0.882 bits per heavy atom. The summed E-state index contributed by atoms with van der Waals surface area (Å²) in [6.45, 7) is 0.190. The first-order chi connectivity index (χ1) is 16.3. The zero-order valence-electron chi connectivity index (χ0n) is 17.4. The Morgan fingerprint density at radius 2 is 1.56 bits per heavy atom. The minimum absolute atomic E-state index is 0.109. The summed E-state index contributed by atoms with van der Waals surface area (Å²) in [6.07, 6.45) is 1.39. The number of phenolic OH excluding ortho intramolecular Hbond substituents is 1. The molecule has 34 heavy (non-hydrogen) atoms. The number of benzene rings is 4. The Kier molecular flexibility index (Phi) is 7.49. The van der Waals surface area contributed by atoms with Crippen LogP contribution in [0.15, 0.2) is 71.8 Å². The quantitative estimate of drug-likeness (QED) is 0.199. The first kappa shape index (κ1) is 24.2. The van der Waals surface area contributed by atoms with Gasteiger partial charge < -0.3 is 9.84 Å². The lowest BCUT2D eigenvalue weighted by Gasteiger charge is -2.11. The van der Waals surface area contributed by atoms with Gasteiger partial charge in [-0.1, -0.05) is 76.7 Å². The van der Waals surface area contributed by atoms with Crippen LogP contribution < -0.4 is 10.2 Å². The molecule has 4 aromatic carbocycles. The molecule has 0 aliphatic heterocycles. The topological polar surface area (TPSA) is 70.9 Å². The summed E-state index contributed by atoms with van der Waals surface area (Å²) in [4.78, 5) is 12.5. The number of ether oxygens (including phenoxy) is 1. The van der Waals surface area contributed by atoms with E-state index in [1.807, 2.05) is 24.3 Å². The number of hydrogen-bond donors (Lipinski definition) is 2. The van der Waals surface area contributed by atoms with Crippen LogP contribution >= 0.6 is 46.4 Å². The molecule has 0 aliphatic carbocycles. The second kappa shape index (κ2) is 10.5. The SMILES string of the molecule is O=C(NN=Cc1cc(Cl)c(OCc2ccc(Cl)c(Cl)c2)c(Cl)c1)c1cc2ccccc2cc1O. The van der Waals surface area contributed by atoms with Gasteiger partial charge in [-0.05, 0) is 58.3 Å². The highest BCUT2D eigenvalue weighted by molar-refractivity contribution is 6.42. The summed E-state index contributed by atoms with van der Waals surface area (Å²) in [5.74, 6) is -0.393. The van der Waals surface area contributed by atoms with Crippen molar-refractivity contribution in [2.24, 2.45) is 5.10 Å². The van der Waals surface area contributed by atoms with Gasteiger partial charge in [-0.2, -0.15) is 5.10 Å². The summed E-state index contributed by atoms with van der Waals surface area (Å²) >= 11 is 24.6. The first-order valence-electron chi connectivity index (χ1n) is 9.93. The standard InChI is InChI=1S/C25H16Cl4N2O3/c26-19-6-5-14(7-20(19)27)13-34-24-21(28)8-15(9-22(24)29)12-30-31-25(33)18-10-16-3-1-2-4-17(16)11-23(18)32/h1-12,32H,13H2,(H,31,33). The Balaban J connectivity index is 1.43. The molecule has 0 atom stereocenters. The largest absolute Gasteiger partial charge is 0.507 e. The van der Waals surface area contributed by atoms with Crippen LogP contribution in [0.3, 0.4) is 0 Å². The molecule has 4 aromatic rings. The monoisotopic (exact) mass is 532 g/mol. The number of hydrazone groups is 1. The van der Waals surface area contributed by atoms with E-state index < -0.39 is 5.91 Å². The highest BCUT2D eigenvalue weighted by atomic mass is 35.5. The van der Waals surface area contributed by atoms with Gasteiger partial charge in [0.05, 0.1) is 31.9 Å². The van der Waals surface area contributed by atoms with Crippen molar-refractivity contribution in [3.63, 3.8) is 0 Å². The van der Waals surface area contributed by atoms with Gasteiger partial charge in [-0.25, -0.2) is 5.43 Å². The minimum Gasteiger partial charge on any atom is -0.507 e. The van der Waals surface area contributed by atoms with E-state index in [4.69, 9.17) is 51.1 Å². The Hall–Kier alpha value is -2.96. The Bertz CT molecular complexity index is 1400. The summed E-state index contributed by atoms with van der Waals surface area (Å²) in [6, 6.07) is 18.9. The number of fused-ring (bicyclic) bond motifs is 1. The third kappa shape index (κ3) is 5.57. The third-order valence-corrected chi connectivity index (χ3v) is 6.18. The molecule has 0 heterocycles. The van der Waals surface area contributed by atoms with Crippen LogP contribution in [-0.4, -0.2) is 17.2 Å². The average Bonchev–Trinajstić information content (AvgIpc) is 2.80. The van der Waals surface area contributed by atoms with Crippen LogP contribution in [0.25, 0.3) is 10.8 Å². The number of hydrogen-bond acceptors (Lipinski definition) is 4. The maximum atomic E-state index is 12.5. The van der Waals surface area contributed by atoms with E-state index >= 15 is 0 Å². The lowest BCUT2D eigenvalue weighted by Crippen LogP contribution is -2.17.